The first-order valence-electron chi connectivity index (χ1n) is 8.23. The first kappa shape index (κ1) is 17.4. The topological polar surface area (TPSA) is 88.9 Å². The van der Waals surface area contributed by atoms with E-state index < -0.39 is 10.0 Å². The van der Waals surface area contributed by atoms with Crippen molar-refractivity contribution in [2.24, 2.45) is 0 Å². The molecular formula is C16H24N2O5S. The lowest BCUT2D eigenvalue weighted by Gasteiger charge is -2.46. The number of hydrogen-bond donors (Lipinski definition) is 1. The highest BCUT2D eigenvalue weighted by atomic mass is 32.2. The molecule has 1 amide bonds. The first-order valence-corrected chi connectivity index (χ1v) is 10.1. The quantitative estimate of drug-likeness (QED) is 0.882. The van der Waals surface area contributed by atoms with Gasteiger partial charge in [-0.1, -0.05) is 0 Å². The number of piperidine rings is 1. The smallest absolute Gasteiger partial charge is 0.289 e. The van der Waals surface area contributed by atoms with Gasteiger partial charge in [-0.3, -0.25) is 4.79 Å². The van der Waals surface area contributed by atoms with Gasteiger partial charge in [0.15, 0.2) is 5.76 Å². The Labute approximate surface area is 142 Å². The summed E-state index contributed by atoms with van der Waals surface area (Å²) in [5.41, 5.74) is -0.337. The summed E-state index contributed by atoms with van der Waals surface area (Å²) in [5.74, 6) is 0.987. The lowest BCUT2D eigenvalue weighted by Crippen LogP contribution is -2.54. The third kappa shape index (κ3) is 3.99. The molecule has 0 aromatic carbocycles. The number of ether oxygens (including phenoxy) is 1. The summed E-state index contributed by atoms with van der Waals surface area (Å²) in [6.07, 6.45) is 3.94. The van der Waals surface area contributed by atoms with Crippen LogP contribution in [0, 0.1) is 6.92 Å². The van der Waals surface area contributed by atoms with Crippen molar-refractivity contribution in [2.45, 2.75) is 44.2 Å². The van der Waals surface area contributed by atoms with Crippen molar-refractivity contribution >= 4 is 15.9 Å². The van der Waals surface area contributed by atoms with Crippen LogP contribution in [0.3, 0.4) is 0 Å². The number of carbonyl (C=O) groups is 1. The fourth-order valence-corrected chi connectivity index (χ4v) is 4.41. The molecule has 0 aliphatic carbocycles. The van der Waals surface area contributed by atoms with Gasteiger partial charge in [-0.15, -0.1) is 0 Å². The molecule has 1 aromatic rings. The molecule has 1 N–H and O–H groups in total. The number of amides is 1. The van der Waals surface area contributed by atoms with E-state index in [9.17, 15) is 13.2 Å². The van der Waals surface area contributed by atoms with Crippen LogP contribution in [0.25, 0.3) is 0 Å². The van der Waals surface area contributed by atoms with E-state index in [1.54, 1.807) is 17.0 Å². The second-order valence-corrected chi connectivity index (χ2v) is 8.59. The van der Waals surface area contributed by atoms with Crippen molar-refractivity contribution in [3.63, 3.8) is 0 Å². The lowest BCUT2D eigenvalue weighted by atomic mass is 9.82. The Balaban J connectivity index is 1.60. The average Bonchev–Trinajstić information content (AvgIpc) is 2.92. The van der Waals surface area contributed by atoms with Gasteiger partial charge in [0.1, 0.15) is 5.76 Å². The fourth-order valence-electron chi connectivity index (χ4n) is 3.60. The van der Waals surface area contributed by atoms with Crippen molar-refractivity contribution in [2.75, 3.05) is 26.0 Å². The van der Waals surface area contributed by atoms with Gasteiger partial charge >= 0.3 is 0 Å². The van der Waals surface area contributed by atoms with Gasteiger partial charge in [-0.05, 0) is 44.7 Å². The van der Waals surface area contributed by atoms with Crippen LogP contribution < -0.4 is 4.72 Å². The summed E-state index contributed by atoms with van der Waals surface area (Å²) in [5, 5.41) is 0. The SMILES string of the molecule is Cc1ccc(C(=O)N2CCC3(CC2)C[C@@H](NS(C)(=O)=O)CCO3)o1. The number of rotatable bonds is 3. The first-order chi connectivity index (χ1) is 11.3. The maximum absolute atomic E-state index is 12.4. The Morgan fingerprint density at radius 2 is 2.04 bits per heavy atom. The highest BCUT2D eigenvalue weighted by Crippen LogP contribution is 2.35. The van der Waals surface area contributed by atoms with Gasteiger partial charge in [0, 0.05) is 25.7 Å². The van der Waals surface area contributed by atoms with Crippen molar-refractivity contribution in [3.8, 4) is 0 Å². The molecule has 8 heteroatoms. The van der Waals surface area contributed by atoms with E-state index in [-0.39, 0.29) is 17.6 Å². The van der Waals surface area contributed by atoms with Gasteiger partial charge < -0.3 is 14.1 Å². The number of furan rings is 1. The van der Waals surface area contributed by atoms with Crippen LogP contribution in [-0.2, 0) is 14.8 Å². The number of carbonyl (C=O) groups excluding carboxylic acids is 1. The fraction of sp³-hybridized carbons (Fsp3) is 0.688. The molecule has 2 aliphatic rings. The number of sulfonamides is 1. The largest absolute Gasteiger partial charge is 0.456 e. The molecule has 1 spiro atoms. The zero-order chi connectivity index (χ0) is 17.4. The Morgan fingerprint density at radius 3 is 2.62 bits per heavy atom. The average molecular weight is 356 g/mol. The predicted octanol–water partition coefficient (Wildman–Crippen LogP) is 1.29. The number of likely N-dealkylation sites (tertiary alicyclic amines) is 1. The van der Waals surface area contributed by atoms with Gasteiger partial charge in [0.2, 0.25) is 10.0 Å². The lowest BCUT2D eigenvalue weighted by molar-refractivity contribution is -0.113. The van der Waals surface area contributed by atoms with Crippen LogP contribution in [0.15, 0.2) is 16.5 Å². The van der Waals surface area contributed by atoms with Crippen LogP contribution in [0.5, 0.6) is 0 Å². The predicted molar refractivity (Wildman–Crippen MR) is 88.3 cm³/mol. The summed E-state index contributed by atoms with van der Waals surface area (Å²) in [6.45, 7) is 3.53. The third-order valence-electron chi connectivity index (χ3n) is 4.79. The minimum atomic E-state index is -3.22. The highest BCUT2D eigenvalue weighted by Gasteiger charge is 2.42. The second-order valence-electron chi connectivity index (χ2n) is 6.81. The van der Waals surface area contributed by atoms with Gasteiger partial charge in [0.05, 0.1) is 11.9 Å². The molecule has 2 aliphatic heterocycles. The van der Waals surface area contributed by atoms with Crippen LogP contribution >= 0.6 is 0 Å². The van der Waals surface area contributed by atoms with Crippen LogP contribution in [0.2, 0.25) is 0 Å². The van der Waals surface area contributed by atoms with Crippen LogP contribution in [0.4, 0.5) is 0 Å². The van der Waals surface area contributed by atoms with E-state index in [0.717, 1.165) is 5.76 Å². The van der Waals surface area contributed by atoms with Gasteiger partial charge in [0.25, 0.3) is 5.91 Å². The summed E-state index contributed by atoms with van der Waals surface area (Å²) in [7, 11) is -3.22. The van der Waals surface area contributed by atoms with Gasteiger partial charge in [-0.2, -0.15) is 0 Å². The van der Waals surface area contributed by atoms with E-state index >= 15 is 0 Å². The zero-order valence-corrected chi connectivity index (χ0v) is 14.9. The van der Waals surface area contributed by atoms with Crippen molar-refractivity contribution in [1.82, 2.24) is 9.62 Å². The summed E-state index contributed by atoms with van der Waals surface area (Å²) in [6, 6.07) is 3.39. The van der Waals surface area contributed by atoms with E-state index in [1.165, 1.54) is 6.26 Å². The standard InChI is InChI=1S/C16H24N2O5S/c1-12-3-4-14(23-12)15(19)18-8-6-16(7-9-18)11-13(5-10-22-16)17-24(2,20)21/h3-4,13,17H,5-11H2,1-2H3/t13-/m0/s1. The van der Waals surface area contributed by atoms with E-state index in [4.69, 9.17) is 9.15 Å². The Morgan fingerprint density at radius 1 is 1.33 bits per heavy atom. The third-order valence-corrected chi connectivity index (χ3v) is 5.55. The molecule has 7 nitrogen and oxygen atoms in total. The summed E-state index contributed by atoms with van der Waals surface area (Å²) in [4.78, 5) is 14.2. The molecule has 2 saturated heterocycles. The van der Waals surface area contributed by atoms with Crippen LogP contribution in [-0.4, -0.2) is 56.8 Å². The summed E-state index contributed by atoms with van der Waals surface area (Å²) >= 11 is 0. The summed E-state index contributed by atoms with van der Waals surface area (Å²) < 4.78 is 37.0. The molecule has 3 heterocycles. The molecule has 3 rings (SSSR count). The maximum atomic E-state index is 12.4. The maximum Gasteiger partial charge on any atom is 0.289 e. The number of nitrogens with one attached hydrogen (secondary N) is 1. The molecule has 0 radical (unpaired) electrons. The highest BCUT2D eigenvalue weighted by molar-refractivity contribution is 7.88. The molecule has 24 heavy (non-hydrogen) atoms. The number of nitrogens with zero attached hydrogens (tertiary/aromatic N) is 1. The molecule has 0 bridgehead atoms. The van der Waals surface area contributed by atoms with E-state index in [1.807, 2.05) is 6.92 Å². The molecule has 2 fully saturated rings. The molecule has 0 saturated carbocycles. The van der Waals surface area contributed by atoms with E-state index in [0.29, 0.717) is 51.1 Å². The minimum Gasteiger partial charge on any atom is -0.456 e. The molecule has 1 aromatic heterocycles. The number of hydrogen-bond acceptors (Lipinski definition) is 5. The van der Waals surface area contributed by atoms with Crippen molar-refractivity contribution in [3.05, 3.63) is 23.7 Å². The van der Waals surface area contributed by atoms with Crippen molar-refractivity contribution < 1.29 is 22.4 Å². The van der Waals surface area contributed by atoms with Crippen LogP contribution in [0.1, 0.15) is 42.0 Å². The second kappa shape index (κ2) is 6.50. The zero-order valence-electron chi connectivity index (χ0n) is 14.1. The van der Waals surface area contributed by atoms with Crippen molar-refractivity contribution in [1.29, 1.82) is 0 Å². The normalized spacial score (nSPS) is 24.2. The minimum absolute atomic E-state index is 0.0938. The Hall–Kier alpha value is -1.38. The molecule has 134 valence electrons. The molecule has 0 unspecified atom stereocenters. The number of aryl methyl sites for hydroxylation is 1. The Bertz CT molecular complexity index is 704. The Kier molecular flexibility index (Phi) is 4.72. The van der Waals surface area contributed by atoms with E-state index in [2.05, 4.69) is 4.72 Å². The molecular weight excluding hydrogens is 332 g/mol. The molecule has 1 atom stereocenters. The van der Waals surface area contributed by atoms with Gasteiger partial charge in [-0.25, -0.2) is 13.1 Å². The monoisotopic (exact) mass is 356 g/mol.